The fourth-order valence-corrected chi connectivity index (χ4v) is 3.83. The van der Waals surface area contributed by atoms with Crippen molar-refractivity contribution < 1.29 is 14.3 Å². The van der Waals surface area contributed by atoms with Crippen molar-refractivity contribution in [2.45, 2.75) is 31.7 Å². The highest BCUT2D eigenvalue weighted by Gasteiger charge is 2.42. The van der Waals surface area contributed by atoms with Crippen LogP contribution in [0, 0.1) is 5.92 Å². The van der Waals surface area contributed by atoms with E-state index in [1.54, 1.807) is 7.11 Å². The van der Waals surface area contributed by atoms with Crippen molar-refractivity contribution in [2.24, 2.45) is 5.92 Å². The quantitative estimate of drug-likeness (QED) is 0.845. The fraction of sp³-hybridized carbons (Fsp3) is 0.500. The minimum Gasteiger partial charge on any atom is -0.497 e. The first-order valence-electron chi connectivity index (χ1n) is 9.07. The lowest BCUT2D eigenvalue weighted by Crippen LogP contribution is -2.40. The number of nitrogens with zero attached hydrogens (tertiary/aromatic N) is 2. The Labute approximate surface area is 148 Å². The smallest absolute Gasteiger partial charge is 0.228 e. The number of likely N-dealkylation sites (tertiary alicyclic amines) is 1. The fourth-order valence-electron chi connectivity index (χ4n) is 3.83. The van der Waals surface area contributed by atoms with Crippen molar-refractivity contribution in [2.75, 3.05) is 26.7 Å². The zero-order valence-electron chi connectivity index (χ0n) is 14.6. The molecule has 132 valence electrons. The first kappa shape index (κ1) is 16.2. The van der Waals surface area contributed by atoms with Crippen molar-refractivity contribution in [3.63, 3.8) is 0 Å². The van der Waals surface area contributed by atoms with Crippen LogP contribution in [0.5, 0.6) is 5.75 Å². The van der Waals surface area contributed by atoms with Gasteiger partial charge < -0.3 is 14.5 Å². The molecular formula is C20H24N2O3. The van der Waals surface area contributed by atoms with E-state index < -0.39 is 0 Å². The molecule has 1 atom stereocenters. The minimum absolute atomic E-state index is 0.140. The van der Waals surface area contributed by atoms with E-state index in [0.717, 1.165) is 31.6 Å². The molecule has 5 heteroatoms. The van der Waals surface area contributed by atoms with E-state index in [4.69, 9.17) is 4.74 Å². The Balaban J connectivity index is 1.38. The second kappa shape index (κ2) is 6.54. The molecule has 0 spiro atoms. The highest BCUT2D eigenvalue weighted by atomic mass is 16.5. The van der Waals surface area contributed by atoms with Crippen LogP contribution in [0.1, 0.15) is 31.2 Å². The predicted octanol–water partition coefficient (Wildman–Crippen LogP) is 2.32. The molecule has 0 unspecified atom stereocenters. The van der Waals surface area contributed by atoms with E-state index in [1.165, 1.54) is 11.1 Å². The molecule has 0 radical (unpaired) electrons. The molecule has 2 heterocycles. The van der Waals surface area contributed by atoms with Crippen molar-refractivity contribution in [1.82, 2.24) is 9.80 Å². The van der Waals surface area contributed by atoms with Crippen molar-refractivity contribution in [3.05, 3.63) is 35.9 Å². The Morgan fingerprint density at radius 3 is 2.56 bits per heavy atom. The molecule has 1 saturated carbocycles. The molecule has 0 bridgehead atoms. The van der Waals surface area contributed by atoms with Gasteiger partial charge in [0.1, 0.15) is 5.75 Å². The number of hydrogen-bond donors (Lipinski definition) is 0. The summed E-state index contributed by atoms with van der Waals surface area (Å²) in [4.78, 5) is 28.7. The summed E-state index contributed by atoms with van der Waals surface area (Å²) < 4.78 is 5.20. The van der Waals surface area contributed by atoms with Crippen LogP contribution in [-0.4, -0.2) is 54.4 Å². The SMILES string of the molecule is COc1ccc(C2=CCN(C(=O)[C@H]3CC(=O)N(C4CC4)C3)CC2)cc1. The molecular weight excluding hydrogens is 316 g/mol. The number of hydrogen-bond acceptors (Lipinski definition) is 3. The standard InChI is InChI=1S/C20H24N2O3/c1-25-18-6-2-14(3-7-18)15-8-10-21(11-9-15)20(24)16-12-19(23)22(13-16)17-4-5-17/h2-3,6-8,16-17H,4-5,9-13H2,1H3/t16-/m0/s1. The van der Waals surface area contributed by atoms with Gasteiger partial charge in [-0.3, -0.25) is 9.59 Å². The molecule has 1 aliphatic carbocycles. The second-order valence-electron chi connectivity index (χ2n) is 7.17. The minimum atomic E-state index is -0.149. The molecule has 1 aromatic carbocycles. The number of benzene rings is 1. The van der Waals surface area contributed by atoms with Gasteiger partial charge in [-0.15, -0.1) is 0 Å². The lowest BCUT2D eigenvalue weighted by atomic mass is 9.98. The molecule has 2 amide bonds. The van der Waals surface area contributed by atoms with Crippen molar-refractivity contribution in [1.29, 1.82) is 0 Å². The molecule has 0 N–H and O–H groups in total. The number of ether oxygens (including phenoxy) is 1. The van der Waals surface area contributed by atoms with Gasteiger partial charge in [-0.05, 0) is 42.5 Å². The molecule has 5 nitrogen and oxygen atoms in total. The van der Waals surface area contributed by atoms with Crippen LogP contribution in [0.2, 0.25) is 0 Å². The molecule has 2 fully saturated rings. The molecule has 1 aromatic rings. The van der Waals surface area contributed by atoms with Crippen molar-refractivity contribution in [3.8, 4) is 5.75 Å². The summed E-state index contributed by atoms with van der Waals surface area (Å²) in [5.74, 6) is 1.00. The maximum Gasteiger partial charge on any atom is 0.228 e. The van der Waals surface area contributed by atoms with Gasteiger partial charge >= 0.3 is 0 Å². The summed E-state index contributed by atoms with van der Waals surface area (Å²) in [6.45, 7) is 1.98. The number of amides is 2. The number of methoxy groups -OCH3 is 1. The summed E-state index contributed by atoms with van der Waals surface area (Å²) in [6.07, 6.45) is 5.58. The summed E-state index contributed by atoms with van der Waals surface area (Å²) in [5.41, 5.74) is 2.46. The Kier molecular flexibility index (Phi) is 4.24. The number of carbonyl (C=O) groups is 2. The third-order valence-corrected chi connectivity index (χ3v) is 5.48. The van der Waals surface area contributed by atoms with Crippen LogP contribution >= 0.6 is 0 Å². The normalized spacial score (nSPS) is 23.6. The summed E-state index contributed by atoms with van der Waals surface area (Å²) in [5, 5.41) is 0. The van der Waals surface area contributed by atoms with Crippen LogP contribution in [0.25, 0.3) is 5.57 Å². The summed E-state index contributed by atoms with van der Waals surface area (Å²) >= 11 is 0. The average Bonchev–Trinajstić information content (AvgIpc) is 3.43. The van der Waals surface area contributed by atoms with E-state index in [0.29, 0.717) is 25.6 Å². The van der Waals surface area contributed by atoms with Crippen LogP contribution in [0.4, 0.5) is 0 Å². The van der Waals surface area contributed by atoms with Crippen molar-refractivity contribution >= 4 is 17.4 Å². The third-order valence-electron chi connectivity index (χ3n) is 5.48. The molecule has 25 heavy (non-hydrogen) atoms. The van der Waals surface area contributed by atoms with Gasteiger partial charge in [0.2, 0.25) is 11.8 Å². The third kappa shape index (κ3) is 3.28. The van der Waals surface area contributed by atoms with E-state index in [1.807, 2.05) is 21.9 Å². The largest absolute Gasteiger partial charge is 0.497 e. The highest BCUT2D eigenvalue weighted by Crippen LogP contribution is 2.33. The van der Waals surface area contributed by atoms with Gasteiger partial charge in [-0.2, -0.15) is 0 Å². The number of carbonyl (C=O) groups excluding carboxylic acids is 2. The lowest BCUT2D eigenvalue weighted by Gasteiger charge is -2.29. The van der Waals surface area contributed by atoms with Gasteiger partial charge in [0.15, 0.2) is 0 Å². The Bertz CT molecular complexity index is 706. The topological polar surface area (TPSA) is 49.9 Å². The van der Waals surface area contributed by atoms with Crippen LogP contribution < -0.4 is 4.74 Å². The van der Waals surface area contributed by atoms with E-state index in [2.05, 4.69) is 18.2 Å². The van der Waals surface area contributed by atoms with Gasteiger partial charge in [0.25, 0.3) is 0 Å². The molecule has 2 aliphatic heterocycles. The molecule has 0 aromatic heterocycles. The van der Waals surface area contributed by atoms with Crippen LogP contribution in [0.15, 0.2) is 30.3 Å². The monoisotopic (exact) mass is 340 g/mol. The van der Waals surface area contributed by atoms with E-state index in [-0.39, 0.29) is 17.7 Å². The van der Waals surface area contributed by atoms with Crippen LogP contribution in [0.3, 0.4) is 0 Å². The Hall–Kier alpha value is -2.30. The molecule has 3 aliphatic rings. The van der Waals surface area contributed by atoms with Gasteiger partial charge in [0.05, 0.1) is 13.0 Å². The molecule has 4 rings (SSSR count). The molecule has 1 saturated heterocycles. The summed E-state index contributed by atoms with van der Waals surface area (Å²) in [6, 6.07) is 8.46. The zero-order chi connectivity index (χ0) is 17.4. The Morgan fingerprint density at radius 1 is 1.20 bits per heavy atom. The van der Waals surface area contributed by atoms with Gasteiger partial charge in [0, 0.05) is 32.1 Å². The first-order valence-corrected chi connectivity index (χ1v) is 9.07. The predicted molar refractivity (Wildman–Crippen MR) is 95.0 cm³/mol. The average molecular weight is 340 g/mol. The first-order chi connectivity index (χ1) is 12.2. The van der Waals surface area contributed by atoms with Crippen LogP contribution in [-0.2, 0) is 9.59 Å². The number of rotatable bonds is 4. The zero-order valence-corrected chi connectivity index (χ0v) is 14.6. The highest BCUT2D eigenvalue weighted by molar-refractivity contribution is 5.90. The van der Waals surface area contributed by atoms with E-state index >= 15 is 0 Å². The van der Waals surface area contributed by atoms with Gasteiger partial charge in [-0.1, -0.05) is 18.2 Å². The maximum absolute atomic E-state index is 12.8. The van der Waals surface area contributed by atoms with Gasteiger partial charge in [-0.25, -0.2) is 0 Å². The lowest BCUT2D eigenvalue weighted by molar-refractivity contribution is -0.135. The second-order valence-corrected chi connectivity index (χ2v) is 7.17. The summed E-state index contributed by atoms with van der Waals surface area (Å²) in [7, 11) is 1.66. The Morgan fingerprint density at radius 2 is 1.96 bits per heavy atom. The van der Waals surface area contributed by atoms with E-state index in [9.17, 15) is 9.59 Å². The maximum atomic E-state index is 12.8.